The maximum absolute atomic E-state index is 12.9. The van der Waals surface area contributed by atoms with Crippen LogP contribution in [0.2, 0.25) is 0 Å². The van der Waals surface area contributed by atoms with E-state index in [0.717, 1.165) is 47.6 Å². The van der Waals surface area contributed by atoms with Crippen LogP contribution in [-0.4, -0.2) is 64.5 Å². The number of rotatable bonds is 4. The predicted molar refractivity (Wildman–Crippen MR) is 166 cm³/mol. The molecular formula is C35H35N3O3. The summed E-state index contributed by atoms with van der Waals surface area (Å²) in [6.07, 6.45) is 5.41. The van der Waals surface area contributed by atoms with Crippen molar-refractivity contribution in [2.75, 3.05) is 26.7 Å². The highest BCUT2D eigenvalue weighted by molar-refractivity contribution is 6.13. The summed E-state index contributed by atoms with van der Waals surface area (Å²) >= 11 is 0. The van der Waals surface area contributed by atoms with Gasteiger partial charge in [-0.3, -0.25) is 9.69 Å². The Bertz CT molecular complexity index is 1810. The lowest BCUT2D eigenvalue weighted by atomic mass is 9.79. The third-order valence-electron chi connectivity index (χ3n) is 8.68. The molecule has 41 heavy (non-hydrogen) atoms. The fourth-order valence-corrected chi connectivity index (χ4v) is 6.60. The molecule has 0 spiro atoms. The second-order valence-electron chi connectivity index (χ2n) is 10.9. The molecule has 1 amide bonds. The molecule has 5 aromatic rings. The minimum atomic E-state index is -0.883. The molecule has 7 rings (SSSR count). The molecule has 0 fully saturated rings. The van der Waals surface area contributed by atoms with Gasteiger partial charge in [0.1, 0.15) is 0 Å². The van der Waals surface area contributed by atoms with Crippen molar-refractivity contribution >= 4 is 49.9 Å². The highest BCUT2D eigenvalue weighted by atomic mass is 16.4. The van der Waals surface area contributed by atoms with Gasteiger partial charge in [-0.05, 0) is 77.7 Å². The van der Waals surface area contributed by atoms with Gasteiger partial charge < -0.3 is 15.0 Å². The monoisotopic (exact) mass is 545 g/mol. The zero-order valence-corrected chi connectivity index (χ0v) is 23.7. The summed E-state index contributed by atoms with van der Waals surface area (Å²) in [4.78, 5) is 31.7. The Hall–Kier alpha value is -4.42. The number of carbonyl (C=O) groups excluding carboxylic acids is 1. The third kappa shape index (κ3) is 4.68. The van der Waals surface area contributed by atoms with Crippen LogP contribution in [0.15, 0.2) is 85.1 Å². The molecule has 4 aromatic carbocycles. The molecule has 1 aliphatic heterocycles. The number of H-pyrrole nitrogens is 1. The third-order valence-corrected chi connectivity index (χ3v) is 8.68. The summed E-state index contributed by atoms with van der Waals surface area (Å²) in [5, 5.41) is 14.5. The normalized spacial score (nSPS) is 18.0. The number of fused-ring (bicyclic) bond motifs is 5. The maximum Gasteiger partial charge on any atom is 0.336 e. The van der Waals surface area contributed by atoms with Crippen LogP contribution < -0.4 is 0 Å². The van der Waals surface area contributed by atoms with Crippen LogP contribution in [0.1, 0.15) is 35.3 Å². The van der Waals surface area contributed by atoms with Crippen LogP contribution in [0, 0.1) is 5.92 Å². The number of hydrogen-bond acceptors (Lipinski definition) is 3. The molecule has 208 valence electrons. The molecule has 1 aliphatic carbocycles. The number of nitrogens with one attached hydrogen (secondary N) is 1. The molecule has 0 saturated heterocycles. The fraction of sp³-hybridized carbons (Fsp3) is 0.257. The zero-order chi connectivity index (χ0) is 28.7. The second-order valence-corrected chi connectivity index (χ2v) is 10.9. The van der Waals surface area contributed by atoms with E-state index < -0.39 is 5.97 Å². The number of carboxylic acids is 1. The zero-order valence-electron chi connectivity index (χ0n) is 23.7. The summed E-state index contributed by atoms with van der Waals surface area (Å²) in [7, 11) is 2.15. The number of nitrogens with zero attached hydrogens (tertiary/aromatic N) is 2. The Morgan fingerprint density at radius 3 is 2.46 bits per heavy atom. The number of hydrogen-bond donors (Lipinski definition) is 2. The van der Waals surface area contributed by atoms with Crippen LogP contribution in [0.4, 0.5) is 0 Å². The summed E-state index contributed by atoms with van der Waals surface area (Å²) in [5.74, 6) is -0.674. The first-order chi connectivity index (χ1) is 19.9. The topological polar surface area (TPSA) is 76.6 Å². The summed E-state index contributed by atoms with van der Waals surface area (Å²) in [5.41, 5.74) is 5.56. The molecule has 0 radical (unpaired) electrons. The van der Waals surface area contributed by atoms with Gasteiger partial charge in [-0.1, -0.05) is 66.7 Å². The Balaban J connectivity index is 0.000000156. The number of aromatic amines is 1. The van der Waals surface area contributed by atoms with Gasteiger partial charge in [-0.25, -0.2) is 4.79 Å². The van der Waals surface area contributed by atoms with Crippen LogP contribution in [0.5, 0.6) is 0 Å². The molecule has 2 N–H and O–H groups in total. The Kier molecular flexibility index (Phi) is 7.10. The SMILES string of the molecule is CCN(CC)C(=O)[C@@H]1C=C2c3cccc4[nH]cc(c34)C[C@H]2N(C)C1.O=C(O)c1cccc2c1ccc1ccccc12. The molecule has 2 atom stereocenters. The van der Waals surface area contributed by atoms with E-state index in [4.69, 9.17) is 5.11 Å². The Morgan fingerprint density at radius 1 is 0.927 bits per heavy atom. The lowest BCUT2D eigenvalue weighted by Gasteiger charge is -2.40. The molecule has 0 unspecified atom stereocenters. The number of likely N-dealkylation sites (N-methyl/N-ethyl adjacent to an activating group) is 1. The minimum absolute atomic E-state index is 0.0445. The van der Waals surface area contributed by atoms with Crippen molar-refractivity contribution in [2.24, 2.45) is 5.92 Å². The van der Waals surface area contributed by atoms with E-state index in [9.17, 15) is 9.59 Å². The van der Waals surface area contributed by atoms with Crippen LogP contribution in [0.25, 0.3) is 38.0 Å². The van der Waals surface area contributed by atoms with Crippen molar-refractivity contribution in [3.05, 3.63) is 102 Å². The molecule has 6 nitrogen and oxygen atoms in total. The van der Waals surface area contributed by atoms with Gasteiger partial charge in [0.25, 0.3) is 0 Å². The highest BCUT2D eigenvalue weighted by Gasteiger charge is 2.36. The van der Waals surface area contributed by atoms with Gasteiger partial charge in [-0.15, -0.1) is 0 Å². The average molecular weight is 546 g/mol. The highest BCUT2D eigenvalue weighted by Crippen LogP contribution is 2.41. The lowest BCUT2D eigenvalue weighted by Crippen LogP contribution is -2.47. The molecular weight excluding hydrogens is 510 g/mol. The van der Waals surface area contributed by atoms with E-state index in [0.29, 0.717) is 11.6 Å². The summed E-state index contributed by atoms with van der Waals surface area (Å²) in [6, 6.07) is 24.0. The summed E-state index contributed by atoms with van der Waals surface area (Å²) in [6.45, 7) is 6.47. The second kappa shape index (κ2) is 10.9. The number of aromatic carboxylic acids is 1. The van der Waals surface area contributed by atoms with Gasteiger partial charge in [0, 0.05) is 42.8 Å². The first-order valence-corrected chi connectivity index (χ1v) is 14.3. The van der Waals surface area contributed by atoms with Gasteiger partial charge >= 0.3 is 5.97 Å². The standard InChI is InChI=1S/C20H25N3O.C15H10O2/c1-4-23(5-2)20(24)14-9-16-15-7-6-8-17-19(15)13(11-21-17)10-18(16)22(3)12-14;16-15(17)14-7-3-6-12-11-5-2-1-4-10(11)8-9-13(12)14/h6-9,11,14,18,21H,4-5,10,12H2,1-3H3;1-9H,(H,16,17)/t14-,18-;/m1./s1. The smallest absolute Gasteiger partial charge is 0.336 e. The van der Waals surface area contributed by atoms with Gasteiger partial charge in [0.2, 0.25) is 5.91 Å². The van der Waals surface area contributed by atoms with Crippen molar-refractivity contribution in [3.8, 4) is 0 Å². The van der Waals surface area contributed by atoms with Gasteiger partial charge in [0.05, 0.1) is 11.5 Å². The van der Waals surface area contributed by atoms with E-state index >= 15 is 0 Å². The lowest BCUT2D eigenvalue weighted by molar-refractivity contribution is -0.134. The number of carboxylic acid groups (broad SMARTS) is 1. The summed E-state index contributed by atoms with van der Waals surface area (Å²) < 4.78 is 0. The number of amides is 1. The van der Waals surface area contributed by atoms with E-state index in [1.54, 1.807) is 12.1 Å². The van der Waals surface area contributed by atoms with Crippen molar-refractivity contribution in [3.63, 3.8) is 0 Å². The van der Waals surface area contributed by atoms with Crippen LogP contribution in [-0.2, 0) is 11.2 Å². The molecule has 1 aromatic heterocycles. The van der Waals surface area contributed by atoms with E-state index in [2.05, 4.69) is 61.3 Å². The largest absolute Gasteiger partial charge is 0.478 e. The van der Waals surface area contributed by atoms with Crippen molar-refractivity contribution in [2.45, 2.75) is 26.3 Å². The van der Waals surface area contributed by atoms with Gasteiger partial charge in [0.15, 0.2) is 0 Å². The van der Waals surface area contributed by atoms with Crippen molar-refractivity contribution in [1.29, 1.82) is 0 Å². The maximum atomic E-state index is 12.9. The van der Waals surface area contributed by atoms with E-state index in [1.807, 2.05) is 47.4 Å². The van der Waals surface area contributed by atoms with E-state index in [-0.39, 0.29) is 11.8 Å². The quantitative estimate of drug-likeness (QED) is 0.250. The Morgan fingerprint density at radius 2 is 1.68 bits per heavy atom. The fourth-order valence-electron chi connectivity index (χ4n) is 6.60. The average Bonchev–Trinajstić information content (AvgIpc) is 3.42. The van der Waals surface area contributed by atoms with Gasteiger partial charge in [-0.2, -0.15) is 0 Å². The number of carbonyl (C=O) groups is 2. The Labute approximate surface area is 239 Å². The first-order valence-electron chi connectivity index (χ1n) is 14.3. The van der Waals surface area contributed by atoms with Crippen molar-refractivity contribution < 1.29 is 14.7 Å². The molecule has 2 aliphatic rings. The minimum Gasteiger partial charge on any atom is -0.478 e. The van der Waals surface area contributed by atoms with Crippen LogP contribution in [0.3, 0.4) is 0 Å². The van der Waals surface area contributed by atoms with Crippen molar-refractivity contribution in [1.82, 2.24) is 14.8 Å². The molecule has 2 heterocycles. The number of benzene rings is 4. The molecule has 0 bridgehead atoms. The molecule has 0 saturated carbocycles. The predicted octanol–water partition coefficient (Wildman–Crippen LogP) is 6.60. The number of aromatic nitrogens is 1. The molecule has 6 heteroatoms. The van der Waals surface area contributed by atoms with E-state index in [1.165, 1.54) is 27.6 Å². The first kappa shape index (κ1) is 26.8. The van der Waals surface area contributed by atoms with Crippen LogP contribution >= 0.6 is 0 Å².